The summed E-state index contributed by atoms with van der Waals surface area (Å²) < 4.78 is 41.6. The smallest absolute Gasteiger partial charge is 0.352 e. The number of amides is 1. The fourth-order valence-corrected chi connectivity index (χ4v) is 3.32. The van der Waals surface area contributed by atoms with Crippen molar-refractivity contribution in [3.8, 4) is 5.69 Å². The van der Waals surface area contributed by atoms with Crippen LogP contribution in [0.15, 0.2) is 48.7 Å². The van der Waals surface area contributed by atoms with E-state index in [4.69, 9.17) is 34.8 Å². The van der Waals surface area contributed by atoms with Gasteiger partial charge < -0.3 is 5.32 Å². The third-order valence-electron chi connectivity index (χ3n) is 4.05. The molecule has 0 aliphatic rings. The van der Waals surface area contributed by atoms with Crippen molar-refractivity contribution in [2.24, 2.45) is 0 Å². The standard InChI is InChI=1S/C19H13Cl3F3N3O/c20-12-3-5-14(6-4-12)28-17(19(23,24)25)15(10-27-28)18(29)26-8-7-11-1-2-13(21)9-16(11)22/h1-6,9-10H,7-8H2,(H,26,29). The molecule has 1 N–H and O–H groups in total. The van der Waals surface area contributed by atoms with Crippen molar-refractivity contribution in [3.05, 3.63) is 80.6 Å². The SMILES string of the molecule is O=C(NCCc1ccc(Cl)cc1Cl)c1cnn(-c2ccc(Cl)cc2)c1C(F)(F)F. The third kappa shape index (κ3) is 5.04. The highest BCUT2D eigenvalue weighted by atomic mass is 35.5. The molecule has 0 aliphatic carbocycles. The van der Waals surface area contributed by atoms with Gasteiger partial charge in [-0.15, -0.1) is 0 Å². The number of nitrogens with zero attached hydrogens (tertiary/aromatic N) is 2. The summed E-state index contributed by atoms with van der Waals surface area (Å²) in [6, 6.07) is 10.5. The van der Waals surface area contributed by atoms with Crippen molar-refractivity contribution in [1.29, 1.82) is 0 Å². The van der Waals surface area contributed by atoms with Gasteiger partial charge in [0.25, 0.3) is 5.91 Å². The Labute approximate surface area is 179 Å². The summed E-state index contributed by atoms with van der Waals surface area (Å²) in [5, 5.41) is 7.47. The van der Waals surface area contributed by atoms with Crippen molar-refractivity contribution in [3.63, 3.8) is 0 Å². The molecule has 0 unspecified atom stereocenters. The van der Waals surface area contributed by atoms with E-state index in [1.807, 2.05) is 0 Å². The largest absolute Gasteiger partial charge is 0.434 e. The fraction of sp³-hybridized carbons (Fsp3) is 0.158. The van der Waals surface area contributed by atoms with Gasteiger partial charge in [0.2, 0.25) is 0 Å². The van der Waals surface area contributed by atoms with Crippen molar-refractivity contribution < 1.29 is 18.0 Å². The maximum absolute atomic E-state index is 13.6. The summed E-state index contributed by atoms with van der Waals surface area (Å²) in [5.74, 6) is -0.886. The monoisotopic (exact) mass is 461 g/mol. The lowest BCUT2D eigenvalue weighted by Gasteiger charge is -2.13. The quantitative estimate of drug-likeness (QED) is 0.519. The molecule has 1 heterocycles. The first-order valence-corrected chi connectivity index (χ1v) is 9.43. The molecule has 0 radical (unpaired) electrons. The molecule has 0 saturated heterocycles. The zero-order valence-corrected chi connectivity index (χ0v) is 16.9. The summed E-state index contributed by atoms with van der Waals surface area (Å²) >= 11 is 17.7. The number of hydrogen-bond acceptors (Lipinski definition) is 2. The minimum atomic E-state index is -4.79. The second-order valence-corrected chi connectivity index (χ2v) is 7.31. The van der Waals surface area contributed by atoms with Crippen LogP contribution in [-0.2, 0) is 12.6 Å². The van der Waals surface area contributed by atoms with E-state index in [-0.39, 0.29) is 12.2 Å². The highest BCUT2D eigenvalue weighted by molar-refractivity contribution is 6.35. The van der Waals surface area contributed by atoms with Crippen LogP contribution in [-0.4, -0.2) is 22.2 Å². The molecule has 152 valence electrons. The second-order valence-electron chi connectivity index (χ2n) is 6.03. The summed E-state index contributed by atoms with van der Waals surface area (Å²) in [7, 11) is 0. The van der Waals surface area contributed by atoms with Gasteiger partial charge in [-0.05, 0) is 48.4 Å². The number of hydrogen-bond donors (Lipinski definition) is 1. The number of halogens is 6. The van der Waals surface area contributed by atoms with Gasteiger partial charge >= 0.3 is 6.18 Å². The third-order valence-corrected chi connectivity index (χ3v) is 4.89. The lowest BCUT2D eigenvalue weighted by atomic mass is 10.1. The lowest BCUT2D eigenvalue weighted by Crippen LogP contribution is -2.28. The molecule has 10 heteroatoms. The van der Waals surface area contributed by atoms with E-state index < -0.39 is 23.3 Å². The second kappa shape index (κ2) is 8.65. The van der Waals surface area contributed by atoms with Crippen LogP contribution in [0.5, 0.6) is 0 Å². The van der Waals surface area contributed by atoms with Crippen LogP contribution in [0.2, 0.25) is 15.1 Å². The minimum Gasteiger partial charge on any atom is -0.352 e. The minimum absolute atomic E-state index is 0.0869. The van der Waals surface area contributed by atoms with Gasteiger partial charge in [0.1, 0.15) is 0 Å². The van der Waals surface area contributed by atoms with E-state index in [0.717, 1.165) is 6.20 Å². The molecule has 1 aromatic heterocycles. The van der Waals surface area contributed by atoms with Crippen LogP contribution >= 0.6 is 34.8 Å². The molecule has 0 atom stereocenters. The molecule has 0 bridgehead atoms. The van der Waals surface area contributed by atoms with Crippen LogP contribution < -0.4 is 5.32 Å². The van der Waals surface area contributed by atoms with Crippen LogP contribution in [0.25, 0.3) is 5.69 Å². The zero-order chi connectivity index (χ0) is 21.2. The molecular weight excluding hydrogens is 450 g/mol. The number of nitrogens with one attached hydrogen (secondary N) is 1. The van der Waals surface area contributed by atoms with E-state index in [1.165, 1.54) is 24.3 Å². The van der Waals surface area contributed by atoms with Gasteiger partial charge in [0, 0.05) is 21.6 Å². The summed E-state index contributed by atoms with van der Waals surface area (Å²) in [6.07, 6.45) is -3.57. The maximum Gasteiger partial charge on any atom is 0.434 e. The maximum atomic E-state index is 13.6. The Bertz CT molecular complexity index is 1030. The normalized spacial score (nSPS) is 11.5. The summed E-state index contributed by atoms with van der Waals surface area (Å²) in [5.41, 5.74) is -0.894. The number of rotatable bonds is 5. The molecule has 3 aromatic rings. The van der Waals surface area contributed by atoms with Crippen molar-refractivity contribution in [2.45, 2.75) is 12.6 Å². The predicted molar refractivity (Wildman–Crippen MR) is 106 cm³/mol. The molecule has 4 nitrogen and oxygen atoms in total. The fourth-order valence-electron chi connectivity index (χ4n) is 2.70. The van der Waals surface area contributed by atoms with Crippen molar-refractivity contribution in [1.82, 2.24) is 15.1 Å². The Morgan fingerprint density at radius 3 is 2.31 bits per heavy atom. The molecule has 1 amide bonds. The zero-order valence-electron chi connectivity index (χ0n) is 14.6. The average molecular weight is 463 g/mol. The van der Waals surface area contributed by atoms with E-state index in [9.17, 15) is 18.0 Å². The van der Waals surface area contributed by atoms with Gasteiger partial charge in [-0.3, -0.25) is 4.79 Å². The predicted octanol–water partition coefficient (Wildman–Crippen LogP) is 5.82. The number of carbonyl (C=O) groups excluding carboxylic acids is 1. The van der Waals surface area contributed by atoms with Gasteiger partial charge in [0.15, 0.2) is 5.69 Å². The molecule has 0 aliphatic heterocycles. The van der Waals surface area contributed by atoms with Gasteiger partial charge in [-0.2, -0.15) is 18.3 Å². The molecule has 0 saturated carbocycles. The Kier molecular flexibility index (Phi) is 6.41. The Hall–Kier alpha value is -2.22. The van der Waals surface area contributed by atoms with E-state index in [2.05, 4.69) is 10.4 Å². The average Bonchev–Trinajstić information content (AvgIpc) is 3.10. The molecular formula is C19H13Cl3F3N3O. The molecule has 3 rings (SSSR count). The number of carbonyl (C=O) groups is 1. The van der Waals surface area contributed by atoms with Crippen LogP contribution in [0.4, 0.5) is 13.2 Å². The number of aromatic nitrogens is 2. The van der Waals surface area contributed by atoms with Gasteiger partial charge in [-0.25, -0.2) is 4.68 Å². The molecule has 0 fully saturated rings. The highest BCUT2D eigenvalue weighted by Crippen LogP contribution is 2.34. The first-order chi connectivity index (χ1) is 13.7. The number of alkyl halides is 3. The lowest BCUT2D eigenvalue weighted by molar-refractivity contribution is -0.143. The Morgan fingerprint density at radius 1 is 1.03 bits per heavy atom. The van der Waals surface area contributed by atoms with Gasteiger partial charge in [-0.1, -0.05) is 40.9 Å². The van der Waals surface area contributed by atoms with Gasteiger partial charge in [0.05, 0.1) is 17.4 Å². The molecule has 2 aromatic carbocycles. The van der Waals surface area contributed by atoms with E-state index in [0.29, 0.717) is 31.7 Å². The first kappa shape index (κ1) is 21.5. The summed E-state index contributed by atoms with van der Waals surface area (Å²) in [4.78, 5) is 12.4. The number of benzene rings is 2. The van der Waals surface area contributed by atoms with Crippen LogP contribution in [0.3, 0.4) is 0 Å². The van der Waals surface area contributed by atoms with E-state index >= 15 is 0 Å². The molecule has 29 heavy (non-hydrogen) atoms. The van der Waals surface area contributed by atoms with Crippen LogP contribution in [0, 0.1) is 0 Å². The molecule has 0 spiro atoms. The topological polar surface area (TPSA) is 46.9 Å². The Balaban J connectivity index is 1.80. The Morgan fingerprint density at radius 2 is 1.69 bits per heavy atom. The summed E-state index contributed by atoms with van der Waals surface area (Å²) in [6.45, 7) is 0.0869. The highest BCUT2D eigenvalue weighted by Gasteiger charge is 2.40. The van der Waals surface area contributed by atoms with Crippen LogP contribution in [0.1, 0.15) is 21.6 Å². The first-order valence-electron chi connectivity index (χ1n) is 8.30. The van der Waals surface area contributed by atoms with Crippen molar-refractivity contribution >= 4 is 40.7 Å². The van der Waals surface area contributed by atoms with E-state index in [1.54, 1.807) is 18.2 Å². The van der Waals surface area contributed by atoms with Crippen molar-refractivity contribution in [2.75, 3.05) is 6.54 Å².